The highest BCUT2D eigenvalue weighted by atomic mass is 79.9. The molecule has 0 saturated carbocycles. The van der Waals surface area contributed by atoms with Crippen molar-refractivity contribution in [2.45, 2.75) is 0 Å². The average Bonchev–Trinajstić information content (AvgIpc) is 2.33. The molecule has 2 N–H and O–H groups in total. The van der Waals surface area contributed by atoms with Crippen LogP contribution in [0.15, 0.2) is 60.7 Å². The van der Waals surface area contributed by atoms with Gasteiger partial charge in [-0.25, -0.2) is 0 Å². The molecule has 0 aliphatic heterocycles. The van der Waals surface area contributed by atoms with Gasteiger partial charge in [-0.05, 0) is 24.3 Å². The molecule has 2 aromatic rings. The molecule has 0 bridgehead atoms. The van der Waals surface area contributed by atoms with E-state index in [2.05, 4.69) is 15.9 Å². The zero-order valence-electron chi connectivity index (χ0n) is 8.99. The standard InChI is InChI=1S/2C6H6O.CBrN/c2*7-6-4-2-1-3-5-6;2-1-3/h2*1-5,7H;. The summed E-state index contributed by atoms with van der Waals surface area (Å²) in [7, 11) is 0. The molecule has 2 rings (SSSR count). The Morgan fingerprint density at radius 3 is 1.12 bits per heavy atom. The van der Waals surface area contributed by atoms with Crippen LogP contribution >= 0.6 is 15.9 Å². The minimum atomic E-state index is 0.322. The lowest BCUT2D eigenvalue weighted by atomic mass is 10.3. The third-order valence-corrected chi connectivity index (χ3v) is 1.51. The van der Waals surface area contributed by atoms with Gasteiger partial charge in [-0.15, -0.1) is 0 Å². The molecule has 0 unspecified atom stereocenters. The van der Waals surface area contributed by atoms with Crippen LogP contribution in [0, 0.1) is 10.2 Å². The molecule has 0 amide bonds. The molecule has 0 fully saturated rings. The molecule has 4 heteroatoms. The third-order valence-electron chi connectivity index (χ3n) is 1.51. The summed E-state index contributed by atoms with van der Waals surface area (Å²) in [4.78, 5) is 1.56. The van der Waals surface area contributed by atoms with E-state index in [4.69, 9.17) is 15.5 Å². The van der Waals surface area contributed by atoms with E-state index < -0.39 is 0 Å². The van der Waals surface area contributed by atoms with Crippen LogP contribution in [0.4, 0.5) is 0 Å². The molecular formula is C13H12BrNO2. The Hall–Kier alpha value is -1.99. The Kier molecular flexibility index (Phi) is 9.29. The number of aromatic hydroxyl groups is 2. The summed E-state index contributed by atoms with van der Waals surface area (Å²) in [5, 5.41) is 24.5. The van der Waals surface area contributed by atoms with Crippen LogP contribution < -0.4 is 0 Å². The fraction of sp³-hybridized carbons (Fsp3) is 0. The van der Waals surface area contributed by atoms with Crippen molar-refractivity contribution < 1.29 is 10.2 Å². The van der Waals surface area contributed by atoms with Crippen LogP contribution in [-0.2, 0) is 0 Å². The summed E-state index contributed by atoms with van der Waals surface area (Å²) in [5.74, 6) is 0.644. The minimum absolute atomic E-state index is 0.322. The first-order valence-electron chi connectivity index (χ1n) is 4.68. The number of halogens is 1. The molecule has 3 nitrogen and oxygen atoms in total. The summed E-state index contributed by atoms with van der Waals surface area (Å²) in [6.07, 6.45) is 0. The minimum Gasteiger partial charge on any atom is -0.508 e. The molecule has 0 radical (unpaired) electrons. The van der Waals surface area contributed by atoms with E-state index in [0.717, 1.165) is 0 Å². The summed E-state index contributed by atoms with van der Waals surface area (Å²) in [6.45, 7) is 0. The van der Waals surface area contributed by atoms with E-state index in [9.17, 15) is 0 Å². The third kappa shape index (κ3) is 10.3. The molecular weight excluding hydrogens is 282 g/mol. The van der Waals surface area contributed by atoms with Gasteiger partial charge in [0.1, 0.15) is 16.5 Å². The Bertz CT molecular complexity index is 389. The lowest BCUT2D eigenvalue weighted by Crippen LogP contribution is -1.56. The van der Waals surface area contributed by atoms with Gasteiger partial charge < -0.3 is 10.2 Å². The molecule has 0 aliphatic carbocycles. The van der Waals surface area contributed by atoms with E-state index in [1.54, 1.807) is 53.5 Å². The van der Waals surface area contributed by atoms with Gasteiger partial charge in [-0.3, -0.25) is 0 Å². The van der Waals surface area contributed by atoms with Gasteiger partial charge in [-0.1, -0.05) is 36.4 Å². The highest BCUT2D eigenvalue weighted by Gasteiger charge is 1.75. The zero-order valence-corrected chi connectivity index (χ0v) is 10.6. The van der Waals surface area contributed by atoms with Gasteiger partial charge in [0.05, 0.1) is 0 Å². The Morgan fingerprint density at radius 1 is 0.765 bits per heavy atom. The van der Waals surface area contributed by atoms with E-state index in [-0.39, 0.29) is 0 Å². The summed E-state index contributed by atoms with van der Waals surface area (Å²) in [6, 6.07) is 17.4. The van der Waals surface area contributed by atoms with Crippen LogP contribution in [-0.4, -0.2) is 10.2 Å². The van der Waals surface area contributed by atoms with Crippen LogP contribution in [0.25, 0.3) is 0 Å². The van der Waals surface area contributed by atoms with Gasteiger partial charge in [0.15, 0.2) is 0 Å². The first kappa shape index (κ1) is 15.0. The van der Waals surface area contributed by atoms with Crippen molar-refractivity contribution in [2.24, 2.45) is 0 Å². The smallest absolute Gasteiger partial charge is 0.142 e. The molecule has 0 atom stereocenters. The first-order valence-corrected chi connectivity index (χ1v) is 5.47. The maximum Gasteiger partial charge on any atom is 0.142 e. The molecule has 2 aromatic carbocycles. The number of phenols is 2. The van der Waals surface area contributed by atoms with Crippen molar-refractivity contribution in [3.63, 3.8) is 0 Å². The number of nitriles is 1. The number of para-hydroxylation sites is 2. The Balaban J connectivity index is 0.000000247. The molecule has 17 heavy (non-hydrogen) atoms. The normalized spacial score (nSPS) is 7.53. The fourth-order valence-electron chi connectivity index (χ4n) is 0.856. The quantitative estimate of drug-likeness (QED) is 0.779. The van der Waals surface area contributed by atoms with Crippen molar-refractivity contribution in [1.29, 1.82) is 5.26 Å². The van der Waals surface area contributed by atoms with E-state index >= 15 is 0 Å². The van der Waals surface area contributed by atoms with Gasteiger partial charge in [-0.2, -0.15) is 5.26 Å². The summed E-state index contributed by atoms with van der Waals surface area (Å²) in [5.41, 5.74) is 0. The molecule has 0 aromatic heterocycles. The van der Waals surface area contributed by atoms with Crippen LogP contribution in [0.5, 0.6) is 11.5 Å². The summed E-state index contributed by atoms with van der Waals surface area (Å²) < 4.78 is 0. The molecule has 0 spiro atoms. The van der Waals surface area contributed by atoms with Gasteiger partial charge in [0.25, 0.3) is 0 Å². The molecule has 0 saturated heterocycles. The molecule has 88 valence electrons. The highest BCUT2D eigenvalue weighted by Crippen LogP contribution is 2.03. The maximum atomic E-state index is 8.63. The predicted molar refractivity (Wildman–Crippen MR) is 70.8 cm³/mol. The number of benzene rings is 2. The average molecular weight is 294 g/mol. The largest absolute Gasteiger partial charge is 0.508 e. The fourth-order valence-corrected chi connectivity index (χ4v) is 0.856. The topological polar surface area (TPSA) is 64.2 Å². The van der Waals surface area contributed by atoms with E-state index in [0.29, 0.717) is 11.5 Å². The second-order valence-corrected chi connectivity index (χ2v) is 3.11. The number of nitrogens with zero attached hydrogens (tertiary/aromatic N) is 1. The van der Waals surface area contributed by atoms with Crippen LogP contribution in [0.1, 0.15) is 0 Å². The van der Waals surface area contributed by atoms with Crippen molar-refractivity contribution >= 4 is 15.9 Å². The lowest BCUT2D eigenvalue weighted by molar-refractivity contribution is 0.475. The zero-order chi connectivity index (χ0) is 12.9. The number of hydrogen-bond donors (Lipinski definition) is 2. The predicted octanol–water partition coefficient (Wildman–Crippen LogP) is 3.65. The van der Waals surface area contributed by atoms with Crippen molar-refractivity contribution in [2.75, 3.05) is 0 Å². The number of rotatable bonds is 0. The monoisotopic (exact) mass is 293 g/mol. The van der Waals surface area contributed by atoms with Crippen molar-refractivity contribution in [3.05, 3.63) is 60.7 Å². The number of hydrogen-bond acceptors (Lipinski definition) is 3. The Labute approximate surface area is 109 Å². The van der Waals surface area contributed by atoms with E-state index in [1.807, 2.05) is 12.1 Å². The van der Waals surface area contributed by atoms with Gasteiger partial charge >= 0.3 is 0 Å². The maximum absolute atomic E-state index is 8.63. The second kappa shape index (κ2) is 10.5. The van der Waals surface area contributed by atoms with Gasteiger partial charge in [0, 0.05) is 15.9 Å². The number of phenolic OH excluding ortho intramolecular Hbond substituents is 2. The lowest BCUT2D eigenvalue weighted by Gasteiger charge is -1.82. The summed E-state index contributed by atoms with van der Waals surface area (Å²) >= 11 is 2.45. The van der Waals surface area contributed by atoms with Gasteiger partial charge in [0.2, 0.25) is 0 Å². The SMILES string of the molecule is N#CBr.Oc1ccccc1.Oc1ccccc1. The van der Waals surface area contributed by atoms with Crippen LogP contribution in [0.2, 0.25) is 0 Å². The van der Waals surface area contributed by atoms with Crippen molar-refractivity contribution in [1.82, 2.24) is 0 Å². The van der Waals surface area contributed by atoms with E-state index in [1.165, 1.54) is 0 Å². The van der Waals surface area contributed by atoms with Crippen LogP contribution in [0.3, 0.4) is 0 Å². The molecule has 0 heterocycles. The second-order valence-electron chi connectivity index (χ2n) is 2.76. The highest BCUT2D eigenvalue weighted by molar-refractivity contribution is 9.12. The first-order chi connectivity index (χ1) is 8.20. The Morgan fingerprint density at radius 2 is 1.00 bits per heavy atom. The molecule has 0 aliphatic rings. The van der Waals surface area contributed by atoms with Crippen molar-refractivity contribution in [3.8, 4) is 16.5 Å².